The molecule has 1 saturated heterocycles. The summed E-state index contributed by atoms with van der Waals surface area (Å²) in [5, 5.41) is 0. The Morgan fingerprint density at radius 2 is 1.86 bits per heavy atom. The Hall–Kier alpha value is -1.14. The summed E-state index contributed by atoms with van der Waals surface area (Å²) < 4.78 is 40.6. The molecule has 2 fully saturated rings. The minimum Gasteiger partial charge on any atom is -0.396 e. The molecule has 1 aliphatic carbocycles. The standard InChI is InChI=1S/C15H21FN2O2S/c16-13-8-7-12(10-14(13)17)21(19,20)18-9-3-5-11-4-1-2-6-15(11)18/h7-8,10-11,15H,1-6,9,17H2. The van der Waals surface area contributed by atoms with Crippen molar-refractivity contribution in [3.05, 3.63) is 24.0 Å². The number of halogens is 1. The largest absolute Gasteiger partial charge is 0.396 e. The van der Waals surface area contributed by atoms with E-state index in [2.05, 4.69) is 0 Å². The van der Waals surface area contributed by atoms with Crippen LogP contribution in [-0.2, 0) is 10.0 Å². The number of sulfonamides is 1. The monoisotopic (exact) mass is 312 g/mol. The van der Waals surface area contributed by atoms with E-state index in [1.807, 2.05) is 0 Å². The molecule has 2 atom stereocenters. The predicted octanol–water partition coefficient (Wildman–Crippen LogP) is 2.75. The fraction of sp³-hybridized carbons (Fsp3) is 0.600. The average molecular weight is 312 g/mol. The van der Waals surface area contributed by atoms with Crippen molar-refractivity contribution in [2.24, 2.45) is 5.92 Å². The highest BCUT2D eigenvalue weighted by Crippen LogP contribution is 2.38. The second-order valence-corrected chi connectivity index (χ2v) is 7.94. The summed E-state index contributed by atoms with van der Waals surface area (Å²) in [7, 11) is -3.59. The normalized spacial score (nSPS) is 27.3. The molecule has 1 heterocycles. The third-order valence-corrected chi connectivity index (χ3v) is 6.69. The molecule has 0 bridgehead atoms. The summed E-state index contributed by atoms with van der Waals surface area (Å²) in [5.41, 5.74) is 5.40. The van der Waals surface area contributed by atoms with Gasteiger partial charge in [-0.3, -0.25) is 0 Å². The van der Waals surface area contributed by atoms with E-state index in [0.29, 0.717) is 12.5 Å². The first-order valence-electron chi connectivity index (χ1n) is 7.57. The summed E-state index contributed by atoms with van der Waals surface area (Å²) in [6.07, 6.45) is 6.33. The van der Waals surface area contributed by atoms with Crippen molar-refractivity contribution in [2.45, 2.75) is 49.5 Å². The minimum absolute atomic E-state index is 0.101. The SMILES string of the molecule is Nc1cc(S(=O)(=O)N2CCCC3CCCCC32)ccc1F. The molecule has 3 rings (SSSR count). The topological polar surface area (TPSA) is 63.4 Å². The highest BCUT2D eigenvalue weighted by Gasteiger charge is 2.39. The van der Waals surface area contributed by atoms with Gasteiger partial charge in [-0.15, -0.1) is 0 Å². The van der Waals surface area contributed by atoms with Crippen LogP contribution < -0.4 is 5.73 Å². The van der Waals surface area contributed by atoms with Gasteiger partial charge >= 0.3 is 0 Å². The van der Waals surface area contributed by atoms with Gasteiger partial charge in [0, 0.05) is 12.6 Å². The number of nitrogen functional groups attached to an aromatic ring is 1. The van der Waals surface area contributed by atoms with Gasteiger partial charge < -0.3 is 5.73 Å². The van der Waals surface area contributed by atoms with Crippen LogP contribution in [0.4, 0.5) is 10.1 Å². The van der Waals surface area contributed by atoms with Crippen molar-refractivity contribution in [1.29, 1.82) is 0 Å². The van der Waals surface area contributed by atoms with Gasteiger partial charge in [0.25, 0.3) is 0 Å². The smallest absolute Gasteiger partial charge is 0.243 e. The van der Waals surface area contributed by atoms with Crippen LogP contribution >= 0.6 is 0 Å². The number of rotatable bonds is 2. The van der Waals surface area contributed by atoms with E-state index in [0.717, 1.165) is 38.2 Å². The van der Waals surface area contributed by atoms with E-state index in [4.69, 9.17) is 5.73 Å². The molecule has 2 N–H and O–H groups in total. The zero-order valence-electron chi connectivity index (χ0n) is 12.0. The fourth-order valence-electron chi connectivity index (χ4n) is 3.70. The van der Waals surface area contributed by atoms with E-state index in [-0.39, 0.29) is 16.6 Å². The molecule has 4 nitrogen and oxygen atoms in total. The van der Waals surface area contributed by atoms with Crippen LogP contribution in [0.5, 0.6) is 0 Å². The minimum atomic E-state index is -3.59. The first-order valence-corrected chi connectivity index (χ1v) is 9.01. The molecular formula is C15H21FN2O2S. The van der Waals surface area contributed by atoms with Crippen LogP contribution in [0.2, 0.25) is 0 Å². The quantitative estimate of drug-likeness (QED) is 0.854. The Balaban J connectivity index is 1.94. The number of hydrogen-bond acceptors (Lipinski definition) is 3. The van der Waals surface area contributed by atoms with Gasteiger partial charge in [0.2, 0.25) is 10.0 Å². The van der Waals surface area contributed by atoms with Crippen molar-refractivity contribution >= 4 is 15.7 Å². The Labute approximate surface area is 125 Å². The molecule has 21 heavy (non-hydrogen) atoms. The van der Waals surface area contributed by atoms with E-state index < -0.39 is 15.8 Å². The Kier molecular flexibility index (Phi) is 3.92. The maximum atomic E-state index is 13.3. The van der Waals surface area contributed by atoms with Crippen molar-refractivity contribution in [2.75, 3.05) is 12.3 Å². The number of piperidine rings is 1. The zero-order chi connectivity index (χ0) is 15.0. The molecule has 1 aliphatic heterocycles. The molecule has 2 aliphatic rings. The molecule has 116 valence electrons. The molecule has 1 aromatic rings. The van der Waals surface area contributed by atoms with Crippen molar-refractivity contribution in [3.8, 4) is 0 Å². The molecule has 1 aromatic carbocycles. The third kappa shape index (κ3) is 2.66. The number of nitrogens with zero attached hydrogens (tertiary/aromatic N) is 1. The molecule has 0 aromatic heterocycles. The maximum absolute atomic E-state index is 13.3. The van der Waals surface area contributed by atoms with E-state index in [9.17, 15) is 12.8 Å². The highest BCUT2D eigenvalue weighted by atomic mass is 32.2. The maximum Gasteiger partial charge on any atom is 0.243 e. The van der Waals surface area contributed by atoms with Crippen LogP contribution in [0, 0.1) is 11.7 Å². The second kappa shape index (κ2) is 5.57. The molecule has 0 amide bonds. The number of nitrogens with two attached hydrogens (primary N) is 1. The van der Waals surface area contributed by atoms with Gasteiger partial charge in [0.05, 0.1) is 10.6 Å². The molecule has 2 unspecified atom stereocenters. The van der Waals surface area contributed by atoms with E-state index in [1.54, 1.807) is 4.31 Å². The van der Waals surface area contributed by atoms with Crippen LogP contribution in [0.15, 0.2) is 23.1 Å². The van der Waals surface area contributed by atoms with Crippen molar-refractivity contribution < 1.29 is 12.8 Å². The van der Waals surface area contributed by atoms with Crippen LogP contribution in [0.3, 0.4) is 0 Å². The van der Waals surface area contributed by atoms with E-state index in [1.165, 1.54) is 18.6 Å². The number of fused-ring (bicyclic) bond motifs is 1. The number of anilines is 1. The lowest BCUT2D eigenvalue weighted by molar-refractivity contribution is 0.129. The summed E-state index contributed by atoms with van der Waals surface area (Å²) in [5.74, 6) is -0.108. The van der Waals surface area contributed by atoms with Gasteiger partial charge in [-0.1, -0.05) is 12.8 Å². The molecular weight excluding hydrogens is 291 g/mol. The van der Waals surface area contributed by atoms with Gasteiger partial charge in [-0.25, -0.2) is 12.8 Å². The van der Waals surface area contributed by atoms with Gasteiger partial charge in [0.15, 0.2) is 0 Å². The van der Waals surface area contributed by atoms with Gasteiger partial charge in [0.1, 0.15) is 5.82 Å². The molecule has 1 saturated carbocycles. The third-order valence-electron chi connectivity index (χ3n) is 4.77. The molecule has 0 radical (unpaired) electrons. The van der Waals surface area contributed by atoms with Crippen molar-refractivity contribution in [1.82, 2.24) is 4.31 Å². The van der Waals surface area contributed by atoms with Crippen LogP contribution in [-0.4, -0.2) is 25.3 Å². The molecule has 0 spiro atoms. The number of benzene rings is 1. The summed E-state index contributed by atoms with van der Waals surface area (Å²) in [6, 6.07) is 3.78. The second-order valence-electron chi connectivity index (χ2n) is 6.05. The first kappa shape index (κ1) is 14.8. The van der Waals surface area contributed by atoms with Gasteiger partial charge in [-0.2, -0.15) is 4.31 Å². The summed E-state index contributed by atoms with van der Waals surface area (Å²) >= 11 is 0. The van der Waals surface area contributed by atoms with Crippen LogP contribution in [0.1, 0.15) is 38.5 Å². The van der Waals surface area contributed by atoms with Crippen molar-refractivity contribution in [3.63, 3.8) is 0 Å². The fourth-order valence-corrected chi connectivity index (χ4v) is 5.49. The first-order chi connectivity index (χ1) is 10.00. The van der Waals surface area contributed by atoms with E-state index >= 15 is 0 Å². The Morgan fingerprint density at radius 1 is 1.14 bits per heavy atom. The average Bonchev–Trinajstić information content (AvgIpc) is 2.49. The lowest BCUT2D eigenvalue weighted by atomic mass is 9.79. The number of hydrogen-bond donors (Lipinski definition) is 1. The lowest BCUT2D eigenvalue weighted by Crippen LogP contribution is -2.49. The Morgan fingerprint density at radius 3 is 2.62 bits per heavy atom. The highest BCUT2D eigenvalue weighted by molar-refractivity contribution is 7.89. The lowest BCUT2D eigenvalue weighted by Gasteiger charge is -2.43. The predicted molar refractivity (Wildman–Crippen MR) is 79.7 cm³/mol. The molecule has 6 heteroatoms. The van der Waals surface area contributed by atoms with Crippen LogP contribution in [0.25, 0.3) is 0 Å². The summed E-state index contributed by atoms with van der Waals surface area (Å²) in [6.45, 7) is 0.556. The Bertz CT molecular complexity index is 631. The zero-order valence-corrected chi connectivity index (χ0v) is 12.8. The van der Waals surface area contributed by atoms with Gasteiger partial charge in [-0.05, 0) is 49.8 Å². The summed E-state index contributed by atoms with van der Waals surface area (Å²) in [4.78, 5) is 0.104.